The molecule has 2 heteroatoms. The van der Waals surface area contributed by atoms with Gasteiger partial charge in [0, 0.05) is 16.7 Å². The summed E-state index contributed by atoms with van der Waals surface area (Å²) in [4.78, 5) is 10.2. The maximum Gasteiger partial charge on any atom is 0.160 e. The number of benzene rings is 5. The molecule has 0 N–H and O–H groups in total. The van der Waals surface area contributed by atoms with E-state index in [-0.39, 0.29) is 0 Å². The topological polar surface area (TPSA) is 25.8 Å². The molecule has 0 aliphatic heterocycles. The maximum atomic E-state index is 5.11. The Balaban J connectivity index is 1.56. The van der Waals surface area contributed by atoms with Crippen LogP contribution in [0.1, 0.15) is 25.3 Å². The van der Waals surface area contributed by atoms with Crippen molar-refractivity contribution in [1.82, 2.24) is 9.97 Å². The molecule has 0 fully saturated rings. The Labute approximate surface area is 212 Å². The summed E-state index contributed by atoms with van der Waals surface area (Å²) in [6.07, 6.45) is 3.51. The fourth-order valence-corrected chi connectivity index (χ4v) is 4.95. The molecule has 1 aromatic heterocycles. The normalized spacial score (nSPS) is 11.2. The third-order valence-corrected chi connectivity index (χ3v) is 6.89. The molecule has 174 valence electrons. The molecule has 0 aliphatic rings. The van der Waals surface area contributed by atoms with Gasteiger partial charge in [0.05, 0.1) is 11.4 Å². The highest BCUT2D eigenvalue weighted by molar-refractivity contribution is 5.99. The zero-order valence-corrected chi connectivity index (χ0v) is 20.5. The summed E-state index contributed by atoms with van der Waals surface area (Å²) in [6.45, 7) is 2.23. The Morgan fingerprint density at radius 3 is 1.64 bits per heavy atom. The minimum absolute atomic E-state index is 0.755. The van der Waals surface area contributed by atoms with Crippen molar-refractivity contribution in [2.75, 3.05) is 0 Å². The summed E-state index contributed by atoms with van der Waals surface area (Å²) in [5, 5.41) is 4.82. The number of aryl methyl sites for hydroxylation is 1. The molecule has 0 atom stereocenters. The summed E-state index contributed by atoms with van der Waals surface area (Å²) in [6, 6.07) is 40.8. The van der Waals surface area contributed by atoms with Gasteiger partial charge >= 0.3 is 0 Å². The van der Waals surface area contributed by atoms with Crippen molar-refractivity contribution in [2.45, 2.75) is 26.2 Å². The molecular weight excluding hydrogens is 436 g/mol. The van der Waals surface area contributed by atoms with E-state index in [1.807, 2.05) is 0 Å². The highest BCUT2D eigenvalue weighted by atomic mass is 14.9. The molecule has 0 saturated carbocycles. The predicted molar refractivity (Wildman–Crippen MR) is 152 cm³/mol. The van der Waals surface area contributed by atoms with E-state index in [4.69, 9.17) is 9.97 Å². The standard InChI is InChI=1S/C34H28N2/c1-2-3-10-24-19-21-27(22-20-24)34-35-32(30-17-8-13-25-11-4-6-15-28(25)30)23-33(36-34)31-18-9-14-26-12-5-7-16-29(26)31/h4-9,11-23H,2-3,10H2,1H3. The molecule has 0 unspecified atom stereocenters. The van der Waals surface area contributed by atoms with Gasteiger partial charge in [0.1, 0.15) is 0 Å². The monoisotopic (exact) mass is 464 g/mol. The minimum Gasteiger partial charge on any atom is -0.228 e. The van der Waals surface area contributed by atoms with Gasteiger partial charge in [-0.15, -0.1) is 0 Å². The average Bonchev–Trinajstić information content (AvgIpc) is 2.95. The SMILES string of the molecule is CCCCc1ccc(-c2nc(-c3cccc4ccccc34)cc(-c3cccc4ccccc34)n2)cc1. The molecule has 0 bridgehead atoms. The summed E-state index contributed by atoms with van der Waals surface area (Å²) >= 11 is 0. The highest BCUT2D eigenvalue weighted by Crippen LogP contribution is 2.34. The summed E-state index contributed by atoms with van der Waals surface area (Å²) in [5.41, 5.74) is 6.53. The quantitative estimate of drug-likeness (QED) is 0.246. The second-order valence-corrected chi connectivity index (χ2v) is 9.32. The van der Waals surface area contributed by atoms with E-state index in [2.05, 4.69) is 122 Å². The number of fused-ring (bicyclic) bond motifs is 2. The molecule has 36 heavy (non-hydrogen) atoms. The van der Waals surface area contributed by atoms with Crippen molar-refractivity contribution < 1.29 is 0 Å². The van der Waals surface area contributed by atoms with Crippen LogP contribution in [0.5, 0.6) is 0 Å². The van der Waals surface area contributed by atoms with Crippen LogP contribution in [0.25, 0.3) is 55.4 Å². The molecule has 0 saturated heterocycles. The van der Waals surface area contributed by atoms with Crippen molar-refractivity contribution in [2.24, 2.45) is 0 Å². The third kappa shape index (κ3) is 4.27. The van der Waals surface area contributed by atoms with Gasteiger partial charge in [-0.25, -0.2) is 9.97 Å². The van der Waals surface area contributed by atoms with Crippen LogP contribution in [0.2, 0.25) is 0 Å². The summed E-state index contributed by atoms with van der Waals surface area (Å²) < 4.78 is 0. The van der Waals surface area contributed by atoms with Crippen molar-refractivity contribution in [3.8, 4) is 33.9 Å². The van der Waals surface area contributed by atoms with Crippen LogP contribution in [0.3, 0.4) is 0 Å². The lowest BCUT2D eigenvalue weighted by molar-refractivity contribution is 0.795. The number of hydrogen-bond donors (Lipinski definition) is 0. The van der Waals surface area contributed by atoms with Crippen LogP contribution in [0.4, 0.5) is 0 Å². The lowest BCUT2D eigenvalue weighted by Crippen LogP contribution is -1.97. The lowest BCUT2D eigenvalue weighted by atomic mass is 9.98. The fraction of sp³-hybridized carbons (Fsp3) is 0.118. The van der Waals surface area contributed by atoms with E-state index in [9.17, 15) is 0 Å². The number of nitrogens with zero attached hydrogens (tertiary/aromatic N) is 2. The van der Waals surface area contributed by atoms with Crippen LogP contribution >= 0.6 is 0 Å². The summed E-state index contributed by atoms with van der Waals surface area (Å²) in [5.74, 6) is 0.755. The second kappa shape index (κ2) is 9.75. The fourth-order valence-electron chi connectivity index (χ4n) is 4.95. The second-order valence-electron chi connectivity index (χ2n) is 9.32. The molecule has 0 radical (unpaired) electrons. The van der Waals surface area contributed by atoms with Gasteiger partial charge in [-0.1, -0.05) is 123 Å². The number of aromatic nitrogens is 2. The lowest BCUT2D eigenvalue weighted by Gasteiger charge is -2.13. The minimum atomic E-state index is 0.755. The Morgan fingerprint density at radius 1 is 0.556 bits per heavy atom. The maximum absolute atomic E-state index is 5.11. The molecular formula is C34H28N2. The first-order valence-corrected chi connectivity index (χ1v) is 12.7. The van der Waals surface area contributed by atoms with E-state index >= 15 is 0 Å². The zero-order chi connectivity index (χ0) is 24.3. The number of rotatable bonds is 6. The first kappa shape index (κ1) is 22.2. The smallest absolute Gasteiger partial charge is 0.160 e. The van der Waals surface area contributed by atoms with Crippen LogP contribution < -0.4 is 0 Å². The zero-order valence-electron chi connectivity index (χ0n) is 20.5. The van der Waals surface area contributed by atoms with Gasteiger partial charge in [0.15, 0.2) is 5.82 Å². The van der Waals surface area contributed by atoms with E-state index in [1.165, 1.54) is 39.9 Å². The van der Waals surface area contributed by atoms with E-state index in [0.717, 1.165) is 40.3 Å². The molecule has 6 rings (SSSR count). The van der Waals surface area contributed by atoms with Crippen LogP contribution in [0, 0.1) is 0 Å². The van der Waals surface area contributed by atoms with Gasteiger partial charge in [0.2, 0.25) is 0 Å². The summed E-state index contributed by atoms with van der Waals surface area (Å²) in [7, 11) is 0. The van der Waals surface area contributed by atoms with Gasteiger partial charge in [-0.3, -0.25) is 0 Å². The van der Waals surface area contributed by atoms with Crippen molar-refractivity contribution in [1.29, 1.82) is 0 Å². The molecule has 6 aromatic rings. The first-order chi connectivity index (χ1) is 17.8. The van der Waals surface area contributed by atoms with Gasteiger partial charge < -0.3 is 0 Å². The Bertz CT molecular complexity index is 1560. The third-order valence-electron chi connectivity index (χ3n) is 6.89. The van der Waals surface area contributed by atoms with Gasteiger partial charge in [-0.2, -0.15) is 0 Å². The Hall–Kier alpha value is -4.30. The first-order valence-electron chi connectivity index (χ1n) is 12.7. The van der Waals surface area contributed by atoms with Crippen LogP contribution in [-0.2, 0) is 6.42 Å². The van der Waals surface area contributed by atoms with E-state index in [1.54, 1.807) is 0 Å². The molecule has 1 heterocycles. The Kier molecular flexibility index (Phi) is 6.01. The van der Waals surface area contributed by atoms with Crippen LogP contribution in [0.15, 0.2) is 115 Å². The molecule has 5 aromatic carbocycles. The highest BCUT2D eigenvalue weighted by Gasteiger charge is 2.14. The van der Waals surface area contributed by atoms with Crippen molar-refractivity contribution in [3.05, 3.63) is 121 Å². The Morgan fingerprint density at radius 2 is 1.08 bits per heavy atom. The molecule has 0 amide bonds. The van der Waals surface area contributed by atoms with Crippen LogP contribution in [-0.4, -0.2) is 9.97 Å². The average molecular weight is 465 g/mol. The largest absolute Gasteiger partial charge is 0.228 e. The number of hydrogen-bond acceptors (Lipinski definition) is 2. The van der Waals surface area contributed by atoms with Crippen molar-refractivity contribution in [3.63, 3.8) is 0 Å². The predicted octanol–water partition coefficient (Wildman–Crippen LogP) is 9.13. The van der Waals surface area contributed by atoms with E-state index < -0.39 is 0 Å². The molecule has 2 nitrogen and oxygen atoms in total. The van der Waals surface area contributed by atoms with Gasteiger partial charge in [0.25, 0.3) is 0 Å². The van der Waals surface area contributed by atoms with Crippen molar-refractivity contribution >= 4 is 21.5 Å². The molecule has 0 aliphatic carbocycles. The molecule has 0 spiro atoms. The van der Waals surface area contributed by atoms with E-state index in [0.29, 0.717) is 0 Å². The van der Waals surface area contributed by atoms with Gasteiger partial charge in [-0.05, 0) is 46.0 Å². The number of unbranched alkanes of at least 4 members (excludes halogenated alkanes) is 1.